The number of amides is 1. The molecule has 2 aromatic heterocycles. The van der Waals surface area contributed by atoms with Crippen molar-refractivity contribution >= 4 is 33.7 Å². The van der Waals surface area contributed by atoms with Gasteiger partial charge in [-0.25, -0.2) is 14.2 Å². The highest BCUT2D eigenvalue weighted by molar-refractivity contribution is 6.18. The fraction of sp³-hybridized carbons (Fsp3) is 0.174. The molecule has 0 radical (unpaired) electrons. The summed E-state index contributed by atoms with van der Waals surface area (Å²) in [6, 6.07) is 11.4. The smallest absolute Gasteiger partial charge is 0.356 e. The summed E-state index contributed by atoms with van der Waals surface area (Å²) in [6.45, 7) is 2.04. The normalized spacial score (nSPS) is 14.3. The summed E-state index contributed by atoms with van der Waals surface area (Å²) in [5.74, 6) is -1.74. The fourth-order valence-electron chi connectivity index (χ4n) is 4.04. The summed E-state index contributed by atoms with van der Waals surface area (Å²) in [5, 5.41) is 10.9. The van der Waals surface area contributed by atoms with Gasteiger partial charge in [-0.1, -0.05) is 24.3 Å². The topological polar surface area (TPSA) is 95.5 Å². The zero-order valence-corrected chi connectivity index (χ0v) is 16.4. The Bertz CT molecular complexity index is 1340. The molecule has 1 amide bonds. The van der Waals surface area contributed by atoms with E-state index in [0.29, 0.717) is 64.8 Å². The molecule has 0 spiro atoms. The predicted molar refractivity (Wildman–Crippen MR) is 113 cm³/mol. The molecule has 5 rings (SSSR count). The van der Waals surface area contributed by atoms with E-state index in [-0.39, 0.29) is 11.6 Å². The summed E-state index contributed by atoms with van der Waals surface area (Å²) in [5.41, 5.74) is 2.01. The third kappa shape index (κ3) is 3.21. The molecule has 0 saturated carbocycles. The number of fused-ring (bicyclic) bond motifs is 3. The third-order valence-corrected chi connectivity index (χ3v) is 5.54. The van der Waals surface area contributed by atoms with Crippen LogP contribution in [0.1, 0.15) is 20.8 Å². The van der Waals surface area contributed by atoms with Gasteiger partial charge >= 0.3 is 5.97 Å². The lowest BCUT2D eigenvalue weighted by atomic mass is 9.99. The second kappa shape index (κ2) is 7.48. The number of ether oxygens (including phenoxy) is 1. The Labute approximate surface area is 176 Å². The number of carboxylic acid groups (broad SMARTS) is 1. The van der Waals surface area contributed by atoms with Crippen LogP contribution < -0.4 is 0 Å². The highest BCUT2D eigenvalue weighted by Crippen LogP contribution is 2.36. The molecule has 1 aliphatic heterocycles. The second-order valence-corrected chi connectivity index (χ2v) is 7.35. The van der Waals surface area contributed by atoms with E-state index in [1.807, 2.05) is 0 Å². The number of nitrogens with one attached hydrogen (secondary N) is 1. The molecule has 1 fully saturated rings. The van der Waals surface area contributed by atoms with Crippen molar-refractivity contribution in [2.24, 2.45) is 0 Å². The number of hydrogen-bond acceptors (Lipinski definition) is 4. The van der Waals surface area contributed by atoms with Gasteiger partial charge in [-0.05, 0) is 18.2 Å². The molecule has 0 atom stereocenters. The van der Waals surface area contributed by atoms with Crippen molar-refractivity contribution in [3.63, 3.8) is 0 Å². The SMILES string of the molecule is O=C(O)c1ncc(-c2ccccc2F)c2c1[nH]c1cc(C(=O)N3CCOCC3)ccc12. The molecule has 31 heavy (non-hydrogen) atoms. The molecule has 156 valence electrons. The van der Waals surface area contributed by atoms with E-state index in [1.54, 1.807) is 41.3 Å². The van der Waals surface area contributed by atoms with Crippen LogP contribution in [0.25, 0.3) is 32.9 Å². The van der Waals surface area contributed by atoms with Crippen LogP contribution in [0.15, 0.2) is 48.7 Å². The van der Waals surface area contributed by atoms with Crippen molar-refractivity contribution in [3.8, 4) is 11.1 Å². The van der Waals surface area contributed by atoms with Crippen molar-refractivity contribution in [2.45, 2.75) is 0 Å². The quantitative estimate of drug-likeness (QED) is 0.528. The van der Waals surface area contributed by atoms with Gasteiger partial charge in [0.1, 0.15) is 5.82 Å². The Morgan fingerprint density at radius 3 is 2.61 bits per heavy atom. The molecule has 2 aromatic carbocycles. The zero-order chi connectivity index (χ0) is 21.5. The number of nitrogens with zero attached hydrogens (tertiary/aromatic N) is 2. The molecule has 2 N–H and O–H groups in total. The van der Waals surface area contributed by atoms with Crippen LogP contribution in [0.2, 0.25) is 0 Å². The molecule has 7 nitrogen and oxygen atoms in total. The summed E-state index contributed by atoms with van der Waals surface area (Å²) in [6.07, 6.45) is 1.38. The molecule has 0 bridgehead atoms. The lowest BCUT2D eigenvalue weighted by Gasteiger charge is -2.26. The molecular weight excluding hydrogens is 401 g/mol. The Morgan fingerprint density at radius 1 is 1.10 bits per heavy atom. The average Bonchev–Trinajstić information content (AvgIpc) is 3.17. The van der Waals surface area contributed by atoms with Gasteiger partial charge in [0.05, 0.1) is 18.7 Å². The molecular formula is C23H18FN3O4. The first-order valence-corrected chi connectivity index (χ1v) is 9.84. The number of carbonyl (C=O) groups excluding carboxylic acids is 1. The minimum absolute atomic E-state index is 0.116. The van der Waals surface area contributed by atoms with Crippen molar-refractivity contribution in [3.05, 3.63) is 65.7 Å². The highest BCUT2D eigenvalue weighted by atomic mass is 19.1. The van der Waals surface area contributed by atoms with Gasteiger partial charge in [-0.15, -0.1) is 0 Å². The molecule has 4 aromatic rings. The van der Waals surface area contributed by atoms with Gasteiger partial charge in [0, 0.05) is 52.3 Å². The maximum atomic E-state index is 14.5. The summed E-state index contributed by atoms with van der Waals surface area (Å²) in [4.78, 5) is 33.5. The zero-order valence-electron chi connectivity index (χ0n) is 16.4. The lowest BCUT2D eigenvalue weighted by Crippen LogP contribution is -2.40. The van der Waals surface area contributed by atoms with E-state index >= 15 is 0 Å². The predicted octanol–water partition coefficient (Wildman–Crippen LogP) is 3.69. The van der Waals surface area contributed by atoms with Gasteiger partial charge in [0.25, 0.3) is 5.91 Å². The first-order valence-electron chi connectivity index (χ1n) is 9.84. The first kappa shape index (κ1) is 19.2. The van der Waals surface area contributed by atoms with Crippen LogP contribution in [0, 0.1) is 5.82 Å². The number of rotatable bonds is 3. The van der Waals surface area contributed by atoms with E-state index in [2.05, 4.69) is 9.97 Å². The van der Waals surface area contributed by atoms with Crippen LogP contribution in [-0.4, -0.2) is 58.2 Å². The van der Waals surface area contributed by atoms with Crippen molar-refractivity contribution < 1.29 is 23.8 Å². The van der Waals surface area contributed by atoms with E-state index in [0.717, 1.165) is 0 Å². The van der Waals surface area contributed by atoms with Gasteiger partial charge in [-0.2, -0.15) is 0 Å². The molecule has 1 aliphatic rings. The number of morpholine rings is 1. The molecule has 8 heteroatoms. The number of hydrogen-bond donors (Lipinski definition) is 2. The lowest BCUT2D eigenvalue weighted by molar-refractivity contribution is 0.0303. The Morgan fingerprint density at radius 2 is 1.87 bits per heavy atom. The van der Waals surface area contributed by atoms with Crippen LogP contribution >= 0.6 is 0 Å². The van der Waals surface area contributed by atoms with E-state index < -0.39 is 11.8 Å². The van der Waals surface area contributed by atoms with Gasteiger partial charge in [-0.3, -0.25) is 4.79 Å². The summed E-state index contributed by atoms with van der Waals surface area (Å²) < 4.78 is 19.8. The Hall–Kier alpha value is -3.78. The van der Waals surface area contributed by atoms with E-state index in [1.165, 1.54) is 12.3 Å². The molecule has 0 aliphatic carbocycles. The minimum atomic E-state index is -1.19. The monoisotopic (exact) mass is 419 g/mol. The van der Waals surface area contributed by atoms with Gasteiger partial charge in [0.15, 0.2) is 5.69 Å². The fourth-order valence-corrected chi connectivity index (χ4v) is 4.04. The van der Waals surface area contributed by atoms with Gasteiger partial charge < -0.3 is 19.7 Å². The largest absolute Gasteiger partial charge is 0.476 e. The number of carboxylic acids is 1. The number of benzene rings is 2. The van der Waals surface area contributed by atoms with E-state index in [9.17, 15) is 19.1 Å². The summed E-state index contributed by atoms with van der Waals surface area (Å²) in [7, 11) is 0. The Balaban J connectivity index is 1.72. The Kier molecular flexibility index (Phi) is 4.63. The second-order valence-electron chi connectivity index (χ2n) is 7.35. The number of H-pyrrole nitrogens is 1. The third-order valence-electron chi connectivity index (χ3n) is 5.54. The standard InChI is InChI=1S/C23H18FN3O4/c24-17-4-2-1-3-14(17)16-12-25-21(23(29)30)20-19(16)15-6-5-13(11-18(15)26-20)22(28)27-7-9-31-10-8-27/h1-6,11-12,26H,7-10H2,(H,29,30). The van der Waals surface area contributed by atoms with Crippen LogP contribution in [0.3, 0.4) is 0 Å². The molecule has 0 unspecified atom stereocenters. The van der Waals surface area contributed by atoms with Crippen LogP contribution in [0.5, 0.6) is 0 Å². The average molecular weight is 419 g/mol. The summed E-state index contributed by atoms with van der Waals surface area (Å²) >= 11 is 0. The van der Waals surface area contributed by atoms with Crippen LogP contribution in [-0.2, 0) is 4.74 Å². The minimum Gasteiger partial charge on any atom is -0.476 e. The van der Waals surface area contributed by atoms with Crippen LogP contribution in [0.4, 0.5) is 4.39 Å². The molecule has 3 heterocycles. The van der Waals surface area contributed by atoms with Crippen molar-refractivity contribution in [1.29, 1.82) is 0 Å². The number of aromatic carboxylic acids is 1. The number of aromatic amines is 1. The number of aromatic nitrogens is 2. The van der Waals surface area contributed by atoms with Gasteiger partial charge in [0.2, 0.25) is 0 Å². The van der Waals surface area contributed by atoms with Crippen molar-refractivity contribution in [2.75, 3.05) is 26.3 Å². The number of carbonyl (C=O) groups is 2. The van der Waals surface area contributed by atoms with E-state index in [4.69, 9.17) is 4.74 Å². The highest BCUT2D eigenvalue weighted by Gasteiger charge is 2.22. The number of halogens is 1. The maximum absolute atomic E-state index is 14.5. The first-order chi connectivity index (χ1) is 15.0. The molecule has 1 saturated heterocycles. The number of pyridine rings is 1. The maximum Gasteiger partial charge on any atom is 0.356 e. The van der Waals surface area contributed by atoms with Crippen molar-refractivity contribution in [1.82, 2.24) is 14.9 Å².